The highest BCUT2D eigenvalue weighted by atomic mass is 16.6. The maximum Gasteiger partial charge on any atom is 0.410 e. The number of nitrogens with zero attached hydrogens (tertiary/aromatic N) is 2. The van der Waals surface area contributed by atoms with Gasteiger partial charge in [-0.1, -0.05) is 12.1 Å². The van der Waals surface area contributed by atoms with E-state index < -0.39 is 5.60 Å². The van der Waals surface area contributed by atoms with Gasteiger partial charge in [0.15, 0.2) is 0 Å². The fraction of sp³-hybridized carbons (Fsp3) is 0.500. The van der Waals surface area contributed by atoms with Crippen molar-refractivity contribution in [3.05, 3.63) is 35.4 Å². The van der Waals surface area contributed by atoms with Gasteiger partial charge >= 0.3 is 6.09 Å². The lowest BCUT2D eigenvalue weighted by molar-refractivity contribution is -0.125. The zero-order valence-corrected chi connectivity index (χ0v) is 13.8. The van der Waals surface area contributed by atoms with Crippen LogP contribution in [-0.4, -0.2) is 35.5 Å². The lowest BCUT2D eigenvalue weighted by Crippen LogP contribution is -2.46. The summed E-state index contributed by atoms with van der Waals surface area (Å²) >= 11 is 0. The van der Waals surface area contributed by atoms with Crippen LogP contribution in [0.2, 0.25) is 0 Å². The smallest absolute Gasteiger partial charge is 0.410 e. The van der Waals surface area contributed by atoms with Crippen LogP contribution in [0.1, 0.15) is 38.3 Å². The zero-order chi connectivity index (χ0) is 17.0. The van der Waals surface area contributed by atoms with Gasteiger partial charge in [0.1, 0.15) is 11.4 Å². The minimum Gasteiger partial charge on any atom is -0.444 e. The summed E-state index contributed by atoms with van der Waals surface area (Å²) in [5.74, 6) is -0.0432. The van der Waals surface area contributed by atoms with Gasteiger partial charge in [0, 0.05) is 25.4 Å². The van der Waals surface area contributed by atoms with Crippen LogP contribution >= 0.6 is 0 Å². The quantitative estimate of drug-likeness (QED) is 0.841. The Morgan fingerprint density at radius 2 is 2.00 bits per heavy atom. The molecule has 0 N–H and O–H groups in total. The third kappa shape index (κ3) is 4.82. The van der Waals surface area contributed by atoms with E-state index in [4.69, 9.17) is 10.00 Å². The summed E-state index contributed by atoms with van der Waals surface area (Å²) in [4.78, 5) is 25.9. The summed E-state index contributed by atoms with van der Waals surface area (Å²) in [5, 5.41) is 8.82. The molecule has 122 valence electrons. The Kier molecular flexibility index (Phi) is 5.05. The molecular formula is C18H22N2O3. The van der Waals surface area contributed by atoms with Gasteiger partial charge in [-0.05, 0) is 44.9 Å². The molecule has 23 heavy (non-hydrogen) atoms. The van der Waals surface area contributed by atoms with Gasteiger partial charge in [-0.3, -0.25) is 4.79 Å². The Morgan fingerprint density at radius 1 is 1.35 bits per heavy atom. The molecule has 0 spiro atoms. The molecule has 1 aliphatic rings. The predicted octanol–water partition coefficient (Wildman–Crippen LogP) is 2.93. The van der Waals surface area contributed by atoms with E-state index in [2.05, 4.69) is 6.07 Å². The molecule has 1 amide bonds. The molecule has 5 nitrogen and oxygen atoms in total. The average Bonchev–Trinajstić information content (AvgIpc) is 2.48. The number of piperidine rings is 1. The molecule has 0 saturated carbocycles. The first-order valence-electron chi connectivity index (χ1n) is 7.78. The Bertz CT molecular complexity index is 623. The monoisotopic (exact) mass is 314 g/mol. The first kappa shape index (κ1) is 17.0. The summed E-state index contributed by atoms with van der Waals surface area (Å²) in [6.07, 6.45) is 0.569. The molecule has 0 bridgehead atoms. The topological polar surface area (TPSA) is 70.4 Å². The van der Waals surface area contributed by atoms with Crippen LogP contribution in [0, 0.1) is 17.2 Å². The first-order valence-corrected chi connectivity index (χ1v) is 7.78. The molecule has 1 aliphatic heterocycles. The van der Waals surface area contributed by atoms with Crippen molar-refractivity contribution in [1.29, 1.82) is 5.26 Å². The summed E-state index contributed by atoms with van der Waals surface area (Å²) in [5.41, 5.74) is 1.05. The average molecular weight is 314 g/mol. The first-order chi connectivity index (χ1) is 10.8. The molecule has 1 heterocycles. The summed E-state index contributed by atoms with van der Waals surface area (Å²) in [6.45, 7) is 6.28. The van der Waals surface area contributed by atoms with Crippen LogP contribution in [0.4, 0.5) is 4.79 Å². The van der Waals surface area contributed by atoms with Gasteiger partial charge in [-0.2, -0.15) is 5.26 Å². The number of benzene rings is 1. The van der Waals surface area contributed by atoms with Crippen molar-refractivity contribution < 1.29 is 14.3 Å². The third-order valence-electron chi connectivity index (χ3n) is 3.74. The Hall–Kier alpha value is -2.35. The highest BCUT2D eigenvalue weighted by Crippen LogP contribution is 2.20. The van der Waals surface area contributed by atoms with Crippen LogP contribution in [0.15, 0.2) is 24.3 Å². The van der Waals surface area contributed by atoms with E-state index in [-0.39, 0.29) is 17.8 Å². The Balaban J connectivity index is 2.01. The highest BCUT2D eigenvalue weighted by molar-refractivity contribution is 5.84. The Morgan fingerprint density at radius 3 is 2.57 bits per heavy atom. The molecule has 0 aromatic heterocycles. The van der Waals surface area contributed by atoms with E-state index in [9.17, 15) is 9.59 Å². The van der Waals surface area contributed by atoms with E-state index in [1.165, 1.54) is 0 Å². The van der Waals surface area contributed by atoms with Crippen molar-refractivity contribution in [1.82, 2.24) is 4.90 Å². The molecule has 1 unspecified atom stereocenters. The second kappa shape index (κ2) is 6.82. The number of rotatable bonds is 2. The number of carbonyl (C=O) groups is 2. The van der Waals surface area contributed by atoms with Gasteiger partial charge in [-0.15, -0.1) is 0 Å². The van der Waals surface area contributed by atoms with Crippen molar-refractivity contribution in [3.8, 4) is 6.07 Å². The van der Waals surface area contributed by atoms with Gasteiger partial charge in [0.05, 0.1) is 11.6 Å². The molecule has 1 atom stereocenters. The number of hydrogen-bond acceptors (Lipinski definition) is 4. The maximum absolute atomic E-state index is 12.2. The molecule has 2 rings (SSSR count). The minimum atomic E-state index is -0.541. The molecule has 1 aromatic rings. The van der Waals surface area contributed by atoms with E-state index in [0.29, 0.717) is 31.5 Å². The summed E-state index contributed by atoms with van der Waals surface area (Å²) < 4.78 is 5.38. The van der Waals surface area contributed by atoms with Crippen molar-refractivity contribution in [2.75, 3.05) is 13.1 Å². The second-order valence-corrected chi connectivity index (χ2v) is 6.85. The number of Topliss-reactive ketones (excluding diaryl/α,β-unsaturated/α-hetero) is 1. The molecular weight excluding hydrogens is 292 g/mol. The third-order valence-corrected chi connectivity index (χ3v) is 3.74. The van der Waals surface area contributed by atoms with Gasteiger partial charge in [0.2, 0.25) is 0 Å². The van der Waals surface area contributed by atoms with E-state index in [1.807, 2.05) is 32.9 Å². The molecule has 0 aliphatic carbocycles. The Labute approximate surface area is 136 Å². The van der Waals surface area contributed by atoms with Crippen LogP contribution in [0.25, 0.3) is 0 Å². The normalized spacial score (nSPS) is 18.4. The molecule has 0 radical (unpaired) electrons. The van der Waals surface area contributed by atoms with Crippen molar-refractivity contribution >= 4 is 11.9 Å². The highest BCUT2D eigenvalue weighted by Gasteiger charge is 2.32. The molecule has 1 aromatic carbocycles. The molecule has 5 heteroatoms. The fourth-order valence-electron chi connectivity index (χ4n) is 2.58. The van der Waals surface area contributed by atoms with Gasteiger partial charge < -0.3 is 9.64 Å². The van der Waals surface area contributed by atoms with Crippen LogP contribution in [0.5, 0.6) is 0 Å². The summed E-state index contributed by atoms with van der Waals surface area (Å²) in [6, 6.07) is 9.28. The van der Waals surface area contributed by atoms with Crippen molar-refractivity contribution in [2.45, 2.75) is 39.2 Å². The SMILES string of the molecule is CC(C)(C)OC(=O)N1CCC(=O)C(Cc2ccc(C#N)cc2)C1. The zero-order valence-electron chi connectivity index (χ0n) is 13.8. The lowest BCUT2D eigenvalue weighted by Gasteiger charge is -2.33. The number of likely N-dealkylation sites (tertiary alicyclic amines) is 1. The molecule has 1 saturated heterocycles. The fourth-order valence-corrected chi connectivity index (χ4v) is 2.58. The number of hydrogen-bond donors (Lipinski definition) is 0. The standard InChI is InChI=1S/C18H22N2O3/c1-18(2,3)23-17(22)20-9-8-16(21)15(12-20)10-13-4-6-14(11-19)7-5-13/h4-7,15H,8-10,12H2,1-3H3. The van der Waals surface area contributed by atoms with Crippen molar-refractivity contribution in [2.24, 2.45) is 5.92 Å². The van der Waals surface area contributed by atoms with E-state index in [1.54, 1.807) is 17.0 Å². The lowest BCUT2D eigenvalue weighted by atomic mass is 9.90. The second-order valence-electron chi connectivity index (χ2n) is 6.85. The van der Waals surface area contributed by atoms with Crippen LogP contribution in [-0.2, 0) is 16.0 Å². The van der Waals surface area contributed by atoms with E-state index >= 15 is 0 Å². The number of amides is 1. The number of nitriles is 1. The maximum atomic E-state index is 12.2. The number of carbonyl (C=O) groups excluding carboxylic acids is 2. The van der Waals surface area contributed by atoms with Gasteiger partial charge in [-0.25, -0.2) is 4.79 Å². The summed E-state index contributed by atoms with van der Waals surface area (Å²) in [7, 11) is 0. The predicted molar refractivity (Wildman–Crippen MR) is 85.8 cm³/mol. The van der Waals surface area contributed by atoms with E-state index in [0.717, 1.165) is 5.56 Å². The van der Waals surface area contributed by atoms with Crippen molar-refractivity contribution in [3.63, 3.8) is 0 Å². The molecule has 1 fully saturated rings. The van der Waals surface area contributed by atoms with Gasteiger partial charge in [0.25, 0.3) is 0 Å². The van der Waals surface area contributed by atoms with Crippen LogP contribution in [0.3, 0.4) is 0 Å². The number of ketones is 1. The largest absolute Gasteiger partial charge is 0.444 e. The van der Waals surface area contributed by atoms with Crippen LogP contribution < -0.4 is 0 Å². The number of ether oxygens (including phenoxy) is 1. The minimum absolute atomic E-state index is 0.175.